The van der Waals surface area contributed by atoms with E-state index in [9.17, 15) is 4.39 Å². The first-order valence-electron chi connectivity index (χ1n) is 6.05. The van der Waals surface area contributed by atoms with Crippen molar-refractivity contribution < 1.29 is 9.13 Å². The Morgan fingerprint density at radius 3 is 2.76 bits per heavy atom. The molecule has 0 radical (unpaired) electrons. The number of methoxy groups -OCH3 is 1. The summed E-state index contributed by atoms with van der Waals surface area (Å²) < 4.78 is 18.3. The van der Waals surface area contributed by atoms with E-state index in [1.165, 1.54) is 6.07 Å². The van der Waals surface area contributed by atoms with Gasteiger partial charge in [-0.2, -0.15) is 0 Å². The summed E-state index contributed by atoms with van der Waals surface area (Å²) >= 11 is 0. The van der Waals surface area contributed by atoms with Crippen LogP contribution in [0.15, 0.2) is 24.3 Å². The van der Waals surface area contributed by atoms with Crippen LogP contribution in [-0.4, -0.2) is 27.3 Å². The molecule has 0 bridgehead atoms. The summed E-state index contributed by atoms with van der Waals surface area (Å²) in [5, 5.41) is 3.19. The van der Waals surface area contributed by atoms with E-state index in [0.717, 1.165) is 25.1 Å². The molecule has 0 saturated heterocycles. The zero-order valence-electron chi connectivity index (χ0n) is 10.9. The molecule has 0 saturated carbocycles. The Bertz CT molecular complexity index is 330. The van der Waals surface area contributed by atoms with Gasteiger partial charge in [-0.05, 0) is 49.5 Å². The molecule has 0 amide bonds. The molecular formula is C14H22FNO. The Morgan fingerprint density at radius 2 is 2.18 bits per heavy atom. The van der Waals surface area contributed by atoms with Crippen LogP contribution in [0.3, 0.4) is 0 Å². The lowest BCUT2D eigenvalue weighted by molar-refractivity contribution is 0.129. The first-order valence-corrected chi connectivity index (χ1v) is 6.05. The molecule has 2 nitrogen and oxygen atoms in total. The standard InChI is InChI=1S/C14H22FNO/c1-11(10-17-3)13(9-16-2)7-12-5-4-6-14(15)8-12/h4-6,8,11,13,16H,7,9-10H2,1-3H3. The smallest absolute Gasteiger partial charge is 0.123 e. The Balaban J connectivity index is 2.65. The third-order valence-corrected chi connectivity index (χ3v) is 3.09. The number of hydrogen-bond acceptors (Lipinski definition) is 2. The van der Waals surface area contributed by atoms with E-state index in [-0.39, 0.29) is 5.82 Å². The van der Waals surface area contributed by atoms with Crippen molar-refractivity contribution in [2.24, 2.45) is 11.8 Å². The lowest BCUT2D eigenvalue weighted by atomic mass is 9.88. The summed E-state index contributed by atoms with van der Waals surface area (Å²) in [6.07, 6.45) is 0.878. The van der Waals surface area contributed by atoms with E-state index in [0.29, 0.717) is 11.8 Å². The van der Waals surface area contributed by atoms with Gasteiger partial charge in [0.2, 0.25) is 0 Å². The topological polar surface area (TPSA) is 21.3 Å². The molecule has 0 heterocycles. The summed E-state index contributed by atoms with van der Waals surface area (Å²) in [5.74, 6) is 0.752. The van der Waals surface area contributed by atoms with Crippen LogP contribution in [0.4, 0.5) is 4.39 Å². The Labute approximate surface area is 103 Å². The summed E-state index contributed by atoms with van der Waals surface area (Å²) in [4.78, 5) is 0. The van der Waals surface area contributed by atoms with E-state index >= 15 is 0 Å². The number of benzene rings is 1. The van der Waals surface area contributed by atoms with E-state index in [1.54, 1.807) is 19.2 Å². The van der Waals surface area contributed by atoms with Crippen LogP contribution in [-0.2, 0) is 11.2 Å². The monoisotopic (exact) mass is 239 g/mol. The number of ether oxygens (including phenoxy) is 1. The fourth-order valence-corrected chi connectivity index (χ4v) is 2.10. The van der Waals surface area contributed by atoms with Crippen molar-refractivity contribution >= 4 is 0 Å². The minimum atomic E-state index is -0.162. The van der Waals surface area contributed by atoms with Crippen LogP contribution in [0.25, 0.3) is 0 Å². The molecule has 96 valence electrons. The number of halogens is 1. The van der Waals surface area contributed by atoms with Crippen molar-refractivity contribution in [3.05, 3.63) is 35.6 Å². The van der Waals surface area contributed by atoms with E-state index < -0.39 is 0 Å². The van der Waals surface area contributed by atoms with Crippen LogP contribution >= 0.6 is 0 Å². The number of hydrogen-bond donors (Lipinski definition) is 1. The maximum atomic E-state index is 13.1. The molecule has 1 aromatic rings. The van der Waals surface area contributed by atoms with Gasteiger partial charge >= 0.3 is 0 Å². The molecule has 0 aliphatic rings. The zero-order valence-corrected chi connectivity index (χ0v) is 10.9. The highest BCUT2D eigenvalue weighted by molar-refractivity contribution is 5.17. The predicted octanol–water partition coefficient (Wildman–Crippen LogP) is 2.49. The molecule has 1 rings (SSSR count). The second-order valence-corrected chi connectivity index (χ2v) is 4.58. The second kappa shape index (κ2) is 7.41. The van der Waals surface area contributed by atoms with Crippen LogP contribution in [0, 0.1) is 17.7 Å². The van der Waals surface area contributed by atoms with Gasteiger partial charge < -0.3 is 10.1 Å². The van der Waals surface area contributed by atoms with Gasteiger partial charge in [0.05, 0.1) is 0 Å². The third-order valence-electron chi connectivity index (χ3n) is 3.09. The highest BCUT2D eigenvalue weighted by Crippen LogP contribution is 2.18. The highest BCUT2D eigenvalue weighted by atomic mass is 19.1. The summed E-state index contributed by atoms with van der Waals surface area (Å²) in [7, 11) is 3.66. The third kappa shape index (κ3) is 4.84. The summed E-state index contributed by atoms with van der Waals surface area (Å²) in [6, 6.07) is 6.84. The van der Waals surface area contributed by atoms with Crippen LogP contribution in [0.1, 0.15) is 12.5 Å². The highest BCUT2D eigenvalue weighted by Gasteiger charge is 2.17. The van der Waals surface area contributed by atoms with Gasteiger partial charge in [-0.15, -0.1) is 0 Å². The lowest BCUT2D eigenvalue weighted by Gasteiger charge is -2.23. The molecule has 0 fully saturated rings. The molecule has 1 N–H and O–H groups in total. The Morgan fingerprint density at radius 1 is 1.41 bits per heavy atom. The van der Waals surface area contributed by atoms with Crippen molar-refractivity contribution in [1.29, 1.82) is 0 Å². The molecule has 0 spiro atoms. The average Bonchev–Trinajstić information content (AvgIpc) is 2.29. The molecule has 2 atom stereocenters. The van der Waals surface area contributed by atoms with Crippen molar-refractivity contribution in [1.82, 2.24) is 5.32 Å². The maximum Gasteiger partial charge on any atom is 0.123 e. The molecule has 1 aromatic carbocycles. The maximum absolute atomic E-state index is 13.1. The van der Waals surface area contributed by atoms with Crippen LogP contribution < -0.4 is 5.32 Å². The molecule has 0 aliphatic carbocycles. The van der Waals surface area contributed by atoms with Crippen molar-refractivity contribution in [3.63, 3.8) is 0 Å². The largest absolute Gasteiger partial charge is 0.384 e. The second-order valence-electron chi connectivity index (χ2n) is 4.58. The van der Waals surface area contributed by atoms with Crippen molar-refractivity contribution in [2.75, 3.05) is 27.3 Å². The fraction of sp³-hybridized carbons (Fsp3) is 0.571. The van der Waals surface area contributed by atoms with Crippen LogP contribution in [0.2, 0.25) is 0 Å². The predicted molar refractivity (Wildman–Crippen MR) is 68.6 cm³/mol. The summed E-state index contributed by atoms with van der Waals surface area (Å²) in [5.41, 5.74) is 1.05. The Kier molecular flexibility index (Phi) is 6.16. The molecule has 0 aliphatic heterocycles. The first kappa shape index (κ1) is 14.1. The normalized spacial score (nSPS) is 14.6. The first-order chi connectivity index (χ1) is 8.17. The van der Waals surface area contributed by atoms with E-state index in [2.05, 4.69) is 12.2 Å². The summed E-state index contributed by atoms with van der Waals surface area (Å²) in [6.45, 7) is 3.83. The molecule has 17 heavy (non-hydrogen) atoms. The molecular weight excluding hydrogens is 217 g/mol. The molecule has 3 heteroatoms. The average molecular weight is 239 g/mol. The quantitative estimate of drug-likeness (QED) is 0.789. The van der Waals surface area contributed by atoms with Gasteiger partial charge in [0.1, 0.15) is 5.82 Å². The fourth-order valence-electron chi connectivity index (χ4n) is 2.10. The van der Waals surface area contributed by atoms with Gasteiger partial charge in [-0.25, -0.2) is 4.39 Å². The molecule has 2 unspecified atom stereocenters. The van der Waals surface area contributed by atoms with Gasteiger partial charge in [-0.3, -0.25) is 0 Å². The van der Waals surface area contributed by atoms with Gasteiger partial charge in [-0.1, -0.05) is 19.1 Å². The van der Waals surface area contributed by atoms with Gasteiger partial charge in [0, 0.05) is 13.7 Å². The van der Waals surface area contributed by atoms with Crippen molar-refractivity contribution in [2.45, 2.75) is 13.3 Å². The number of rotatable bonds is 7. The minimum Gasteiger partial charge on any atom is -0.384 e. The van der Waals surface area contributed by atoms with Gasteiger partial charge in [0.15, 0.2) is 0 Å². The SMILES string of the molecule is CNCC(Cc1cccc(F)c1)C(C)COC. The van der Waals surface area contributed by atoms with E-state index in [4.69, 9.17) is 4.74 Å². The Hall–Kier alpha value is -0.930. The number of nitrogens with one attached hydrogen (secondary N) is 1. The molecule has 0 aromatic heterocycles. The zero-order chi connectivity index (χ0) is 12.7. The van der Waals surface area contributed by atoms with Crippen molar-refractivity contribution in [3.8, 4) is 0 Å². The van der Waals surface area contributed by atoms with E-state index in [1.807, 2.05) is 13.1 Å². The lowest BCUT2D eigenvalue weighted by Crippen LogP contribution is -2.28. The minimum absolute atomic E-state index is 0.162. The van der Waals surface area contributed by atoms with Gasteiger partial charge in [0.25, 0.3) is 0 Å². The van der Waals surface area contributed by atoms with Crippen LogP contribution in [0.5, 0.6) is 0 Å².